The molecule has 6 nitrogen and oxygen atoms in total. The van der Waals surface area contributed by atoms with E-state index in [4.69, 9.17) is 16.3 Å². The minimum absolute atomic E-state index is 0.226. The third-order valence-electron chi connectivity index (χ3n) is 4.83. The van der Waals surface area contributed by atoms with Crippen molar-refractivity contribution in [2.75, 3.05) is 12.4 Å². The Morgan fingerprint density at radius 1 is 1.09 bits per heavy atom. The molecular weight excluding hydrogens is 446 g/mol. The first-order valence-corrected chi connectivity index (χ1v) is 11.1. The lowest BCUT2D eigenvalue weighted by atomic mass is 10.2. The van der Waals surface area contributed by atoms with Crippen molar-refractivity contribution >= 4 is 45.9 Å². The van der Waals surface area contributed by atoms with Crippen LogP contribution in [-0.2, 0) is 4.79 Å². The van der Waals surface area contributed by atoms with Crippen LogP contribution in [0, 0.1) is 0 Å². The fourth-order valence-electron chi connectivity index (χ4n) is 3.19. The van der Waals surface area contributed by atoms with Gasteiger partial charge in [-0.25, -0.2) is 4.98 Å². The molecule has 3 aromatic carbocycles. The molecule has 1 aromatic heterocycles. The molecule has 4 aromatic rings. The van der Waals surface area contributed by atoms with Crippen molar-refractivity contribution in [3.05, 3.63) is 88.2 Å². The number of rotatable bonds is 6. The van der Waals surface area contributed by atoms with E-state index in [-0.39, 0.29) is 11.5 Å². The van der Waals surface area contributed by atoms with E-state index in [2.05, 4.69) is 10.3 Å². The van der Waals surface area contributed by atoms with Gasteiger partial charge in [0.1, 0.15) is 5.75 Å². The van der Waals surface area contributed by atoms with Crippen molar-refractivity contribution in [1.82, 2.24) is 9.55 Å². The number of benzene rings is 3. The molecule has 1 amide bonds. The lowest BCUT2D eigenvalue weighted by Crippen LogP contribution is -2.26. The maximum Gasteiger partial charge on any atom is 0.266 e. The molecule has 8 heteroatoms. The molecular formula is C24H20ClN3O3S. The van der Waals surface area contributed by atoms with E-state index in [1.165, 1.54) is 16.3 Å². The van der Waals surface area contributed by atoms with Gasteiger partial charge in [0, 0.05) is 11.8 Å². The highest BCUT2D eigenvalue weighted by molar-refractivity contribution is 8.00. The van der Waals surface area contributed by atoms with E-state index in [0.29, 0.717) is 38.2 Å². The Bertz CT molecular complexity index is 1360. The van der Waals surface area contributed by atoms with Gasteiger partial charge < -0.3 is 10.1 Å². The number of hydrogen-bond donors (Lipinski definition) is 1. The molecule has 4 rings (SSSR count). The zero-order chi connectivity index (χ0) is 22.7. The second-order valence-corrected chi connectivity index (χ2v) is 8.70. The van der Waals surface area contributed by atoms with E-state index in [9.17, 15) is 9.59 Å². The highest BCUT2D eigenvalue weighted by Gasteiger charge is 2.21. The van der Waals surface area contributed by atoms with Crippen LogP contribution in [0.25, 0.3) is 16.6 Å². The number of aromatic nitrogens is 2. The lowest BCUT2D eigenvalue weighted by molar-refractivity contribution is -0.115. The number of ether oxygens (including phenoxy) is 1. The molecule has 0 bridgehead atoms. The zero-order valence-corrected chi connectivity index (χ0v) is 19.0. The fraction of sp³-hybridized carbons (Fsp3) is 0.125. The highest BCUT2D eigenvalue weighted by Crippen LogP contribution is 2.29. The molecule has 0 aliphatic heterocycles. The van der Waals surface area contributed by atoms with Gasteiger partial charge in [0.2, 0.25) is 5.91 Å². The molecule has 1 N–H and O–H groups in total. The van der Waals surface area contributed by atoms with Crippen LogP contribution in [0.5, 0.6) is 5.75 Å². The van der Waals surface area contributed by atoms with E-state index in [1.807, 2.05) is 6.07 Å². The number of nitrogens with zero attached hydrogens (tertiary/aromatic N) is 2. The van der Waals surface area contributed by atoms with Gasteiger partial charge in [-0.3, -0.25) is 14.2 Å². The Labute approximate surface area is 194 Å². The quantitative estimate of drug-likeness (QED) is 0.314. The molecule has 162 valence electrons. The van der Waals surface area contributed by atoms with Gasteiger partial charge in [-0.15, -0.1) is 0 Å². The molecule has 0 aliphatic carbocycles. The molecule has 1 heterocycles. The van der Waals surface area contributed by atoms with Crippen LogP contribution < -0.4 is 15.6 Å². The Kier molecular flexibility index (Phi) is 6.48. The first kappa shape index (κ1) is 21.9. The summed E-state index contributed by atoms with van der Waals surface area (Å²) in [5.74, 6) is 0.420. The predicted octanol–water partition coefficient (Wildman–Crippen LogP) is 5.17. The molecule has 0 aliphatic rings. The zero-order valence-electron chi connectivity index (χ0n) is 17.4. The Morgan fingerprint density at radius 3 is 2.62 bits per heavy atom. The number of halogens is 1. The molecule has 0 radical (unpaired) electrons. The second-order valence-electron chi connectivity index (χ2n) is 6.98. The van der Waals surface area contributed by atoms with Crippen molar-refractivity contribution in [2.24, 2.45) is 0 Å². The number of anilines is 1. The molecule has 0 saturated heterocycles. The summed E-state index contributed by atoms with van der Waals surface area (Å²) in [6, 6.07) is 21.3. The van der Waals surface area contributed by atoms with E-state index >= 15 is 0 Å². The number of carbonyl (C=O) groups is 1. The summed E-state index contributed by atoms with van der Waals surface area (Å²) in [5, 5.41) is 3.62. The molecule has 0 spiro atoms. The maximum absolute atomic E-state index is 13.4. The van der Waals surface area contributed by atoms with Crippen molar-refractivity contribution in [2.45, 2.75) is 17.3 Å². The maximum atomic E-state index is 13.4. The predicted molar refractivity (Wildman–Crippen MR) is 129 cm³/mol. The summed E-state index contributed by atoms with van der Waals surface area (Å²) >= 11 is 7.59. The van der Waals surface area contributed by atoms with Crippen LogP contribution in [0.3, 0.4) is 0 Å². The summed E-state index contributed by atoms with van der Waals surface area (Å²) < 4.78 is 6.67. The minimum Gasteiger partial charge on any atom is -0.497 e. The van der Waals surface area contributed by atoms with Crippen LogP contribution >= 0.6 is 23.4 Å². The molecule has 1 atom stereocenters. The third-order valence-corrected chi connectivity index (χ3v) is 6.20. The highest BCUT2D eigenvalue weighted by atomic mass is 35.5. The topological polar surface area (TPSA) is 73.2 Å². The summed E-state index contributed by atoms with van der Waals surface area (Å²) in [4.78, 5) is 30.9. The SMILES string of the molecule is COc1cccc(NC(=O)C(C)Sc2nc3ccccc3c(=O)n2-c2ccccc2Cl)c1. The average molecular weight is 466 g/mol. The molecule has 1 unspecified atom stereocenters. The minimum atomic E-state index is -0.539. The van der Waals surface area contributed by atoms with Crippen molar-refractivity contribution in [3.8, 4) is 11.4 Å². The summed E-state index contributed by atoms with van der Waals surface area (Å²) in [6.45, 7) is 1.76. The smallest absolute Gasteiger partial charge is 0.266 e. The van der Waals surface area contributed by atoms with Gasteiger partial charge in [-0.2, -0.15) is 0 Å². The van der Waals surface area contributed by atoms with Crippen LogP contribution in [0.1, 0.15) is 6.92 Å². The number of thioether (sulfide) groups is 1. The van der Waals surface area contributed by atoms with Gasteiger partial charge in [0.05, 0.1) is 34.0 Å². The summed E-state index contributed by atoms with van der Waals surface area (Å²) in [5.41, 5.74) is 1.45. The van der Waals surface area contributed by atoms with Gasteiger partial charge >= 0.3 is 0 Å². The Hall–Kier alpha value is -3.29. The average Bonchev–Trinajstić information content (AvgIpc) is 2.80. The normalized spacial score (nSPS) is 11.8. The van der Waals surface area contributed by atoms with Gasteiger partial charge in [-0.05, 0) is 43.3 Å². The summed E-state index contributed by atoms with van der Waals surface area (Å²) in [6.07, 6.45) is 0. The number of nitrogens with one attached hydrogen (secondary N) is 1. The number of fused-ring (bicyclic) bond motifs is 1. The van der Waals surface area contributed by atoms with Crippen molar-refractivity contribution < 1.29 is 9.53 Å². The Balaban J connectivity index is 1.71. The number of para-hydroxylation sites is 2. The fourth-order valence-corrected chi connectivity index (χ4v) is 4.33. The van der Waals surface area contributed by atoms with Crippen LogP contribution in [0.2, 0.25) is 5.02 Å². The number of carbonyl (C=O) groups excluding carboxylic acids is 1. The first-order valence-electron chi connectivity index (χ1n) is 9.86. The molecule has 0 fully saturated rings. The number of methoxy groups -OCH3 is 1. The standard InChI is InChI=1S/C24H20ClN3O3S/c1-15(22(29)26-16-8-7-9-17(14-16)31-2)32-24-27-20-12-5-3-10-18(20)23(30)28(24)21-13-6-4-11-19(21)25/h3-15H,1-2H3,(H,26,29). The Morgan fingerprint density at radius 2 is 1.84 bits per heavy atom. The number of amides is 1. The second kappa shape index (κ2) is 9.46. The van der Waals surface area contributed by atoms with E-state index < -0.39 is 5.25 Å². The van der Waals surface area contributed by atoms with Crippen molar-refractivity contribution in [3.63, 3.8) is 0 Å². The first-order chi connectivity index (χ1) is 15.5. The van der Waals surface area contributed by atoms with Gasteiger partial charge in [-0.1, -0.05) is 53.7 Å². The van der Waals surface area contributed by atoms with Crippen molar-refractivity contribution in [1.29, 1.82) is 0 Å². The monoisotopic (exact) mass is 465 g/mol. The number of hydrogen-bond acceptors (Lipinski definition) is 5. The van der Waals surface area contributed by atoms with Crippen LogP contribution in [-0.4, -0.2) is 27.8 Å². The third kappa shape index (κ3) is 4.49. The van der Waals surface area contributed by atoms with Gasteiger partial charge in [0.15, 0.2) is 5.16 Å². The van der Waals surface area contributed by atoms with E-state index in [1.54, 1.807) is 80.8 Å². The van der Waals surface area contributed by atoms with Crippen LogP contribution in [0.4, 0.5) is 5.69 Å². The van der Waals surface area contributed by atoms with Crippen LogP contribution in [0.15, 0.2) is 82.7 Å². The van der Waals surface area contributed by atoms with Gasteiger partial charge in [0.25, 0.3) is 5.56 Å². The van der Waals surface area contributed by atoms with E-state index in [0.717, 1.165) is 0 Å². The molecule has 0 saturated carbocycles. The summed E-state index contributed by atoms with van der Waals surface area (Å²) in [7, 11) is 1.57. The largest absolute Gasteiger partial charge is 0.497 e. The molecule has 32 heavy (non-hydrogen) atoms. The lowest BCUT2D eigenvalue weighted by Gasteiger charge is -2.17.